The number of halogens is 1. The van der Waals surface area contributed by atoms with E-state index in [0.717, 1.165) is 11.8 Å². The normalized spacial score (nSPS) is 28.8. The van der Waals surface area contributed by atoms with Crippen molar-refractivity contribution in [1.29, 1.82) is 0 Å². The third kappa shape index (κ3) is 2.14. The van der Waals surface area contributed by atoms with E-state index < -0.39 is 0 Å². The topological polar surface area (TPSA) is 3.24 Å². The van der Waals surface area contributed by atoms with Gasteiger partial charge in [-0.3, -0.25) is 0 Å². The summed E-state index contributed by atoms with van der Waals surface area (Å²) in [6, 6.07) is 0. The summed E-state index contributed by atoms with van der Waals surface area (Å²) in [6.07, 6.45) is 2.67. The van der Waals surface area contributed by atoms with E-state index in [1.165, 1.54) is 32.5 Å². The van der Waals surface area contributed by atoms with E-state index in [9.17, 15) is 0 Å². The Labute approximate surface area is 68.4 Å². The molecule has 0 amide bonds. The molecule has 1 saturated heterocycles. The van der Waals surface area contributed by atoms with Gasteiger partial charge in [0.25, 0.3) is 0 Å². The lowest BCUT2D eigenvalue weighted by atomic mass is 10.0. The average molecular weight is 162 g/mol. The maximum absolute atomic E-state index is 5.78. The van der Waals surface area contributed by atoms with Gasteiger partial charge in [0.1, 0.15) is 0 Å². The van der Waals surface area contributed by atoms with Gasteiger partial charge in [-0.2, -0.15) is 0 Å². The zero-order valence-corrected chi connectivity index (χ0v) is 7.40. The highest BCUT2D eigenvalue weighted by Gasteiger charge is 2.16. The molecule has 0 aromatic carbocycles. The van der Waals surface area contributed by atoms with Crippen molar-refractivity contribution < 1.29 is 0 Å². The number of hydrogen-bond acceptors (Lipinski definition) is 1. The molecule has 60 valence electrons. The van der Waals surface area contributed by atoms with Crippen LogP contribution < -0.4 is 0 Å². The molecule has 1 atom stereocenters. The molecule has 0 saturated carbocycles. The van der Waals surface area contributed by atoms with Crippen LogP contribution in [-0.2, 0) is 0 Å². The summed E-state index contributed by atoms with van der Waals surface area (Å²) >= 11 is 5.78. The Hall–Kier alpha value is 0.250. The Bertz CT molecular complexity index is 85.3. The second-order valence-electron chi connectivity index (χ2n) is 3.06. The van der Waals surface area contributed by atoms with Crippen LogP contribution in [0.1, 0.15) is 19.8 Å². The zero-order valence-electron chi connectivity index (χ0n) is 6.65. The van der Waals surface area contributed by atoms with Crippen LogP contribution in [0.2, 0.25) is 0 Å². The Morgan fingerprint density at radius 3 is 3.00 bits per heavy atom. The fourth-order valence-corrected chi connectivity index (χ4v) is 1.82. The van der Waals surface area contributed by atoms with E-state index in [1.807, 2.05) is 0 Å². The number of piperidine rings is 1. The van der Waals surface area contributed by atoms with E-state index >= 15 is 0 Å². The highest BCUT2D eigenvalue weighted by atomic mass is 35.5. The van der Waals surface area contributed by atoms with Gasteiger partial charge in [0, 0.05) is 12.4 Å². The SMILES string of the molecule is CCN1CCC[C@H](CCl)C1. The van der Waals surface area contributed by atoms with Gasteiger partial charge in [-0.05, 0) is 31.8 Å². The molecule has 0 N–H and O–H groups in total. The van der Waals surface area contributed by atoms with Crippen molar-refractivity contribution in [1.82, 2.24) is 4.90 Å². The Morgan fingerprint density at radius 1 is 1.60 bits per heavy atom. The molecule has 0 bridgehead atoms. The molecule has 0 aromatic heterocycles. The minimum Gasteiger partial charge on any atom is -0.303 e. The molecule has 0 aliphatic carbocycles. The minimum absolute atomic E-state index is 0.760. The number of rotatable bonds is 2. The number of hydrogen-bond donors (Lipinski definition) is 0. The van der Waals surface area contributed by atoms with Crippen LogP contribution >= 0.6 is 11.6 Å². The summed E-state index contributed by atoms with van der Waals surface area (Å²) in [5.41, 5.74) is 0. The van der Waals surface area contributed by atoms with Gasteiger partial charge in [-0.25, -0.2) is 0 Å². The molecule has 1 aliphatic rings. The van der Waals surface area contributed by atoms with Gasteiger partial charge in [-0.15, -0.1) is 11.6 Å². The summed E-state index contributed by atoms with van der Waals surface area (Å²) in [5.74, 6) is 1.60. The molecule has 0 spiro atoms. The van der Waals surface area contributed by atoms with Gasteiger partial charge in [0.2, 0.25) is 0 Å². The first-order chi connectivity index (χ1) is 4.86. The standard InChI is InChI=1S/C8H16ClN/c1-2-10-5-3-4-8(6-9)7-10/h8H,2-7H2,1H3/t8-/m1/s1. The van der Waals surface area contributed by atoms with Gasteiger partial charge < -0.3 is 4.90 Å². The largest absolute Gasteiger partial charge is 0.303 e. The predicted molar refractivity (Wildman–Crippen MR) is 45.6 cm³/mol. The fourth-order valence-electron chi connectivity index (χ4n) is 1.56. The van der Waals surface area contributed by atoms with Crippen molar-refractivity contribution >= 4 is 11.6 Å². The van der Waals surface area contributed by atoms with Crippen LogP contribution in [0.4, 0.5) is 0 Å². The average Bonchev–Trinajstić information content (AvgIpc) is 2.05. The summed E-state index contributed by atoms with van der Waals surface area (Å²) in [7, 11) is 0. The molecule has 0 aromatic rings. The molecule has 1 nitrogen and oxygen atoms in total. The minimum atomic E-state index is 0.760. The Morgan fingerprint density at radius 2 is 2.40 bits per heavy atom. The molecule has 1 heterocycles. The highest BCUT2D eigenvalue weighted by molar-refractivity contribution is 6.18. The van der Waals surface area contributed by atoms with E-state index in [-0.39, 0.29) is 0 Å². The first-order valence-electron chi connectivity index (χ1n) is 4.15. The third-order valence-corrected chi connectivity index (χ3v) is 2.70. The van der Waals surface area contributed by atoms with Crippen LogP contribution in [0.3, 0.4) is 0 Å². The van der Waals surface area contributed by atoms with Gasteiger partial charge >= 0.3 is 0 Å². The van der Waals surface area contributed by atoms with E-state index in [2.05, 4.69) is 11.8 Å². The first kappa shape index (κ1) is 8.35. The molecule has 10 heavy (non-hydrogen) atoms. The number of alkyl halides is 1. The van der Waals surface area contributed by atoms with Gasteiger partial charge in [-0.1, -0.05) is 6.92 Å². The summed E-state index contributed by atoms with van der Waals surface area (Å²) in [5, 5.41) is 0. The zero-order chi connectivity index (χ0) is 7.40. The Balaban J connectivity index is 2.25. The van der Waals surface area contributed by atoms with Crippen molar-refractivity contribution in [2.45, 2.75) is 19.8 Å². The maximum atomic E-state index is 5.78. The number of likely N-dealkylation sites (tertiary alicyclic amines) is 1. The smallest absolute Gasteiger partial charge is 0.0263 e. The van der Waals surface area contributed by atoms with Crippen LogP contribution in [0.15, 0.2) is 0 Å². The number of nitrogens with zero attached hydrogens (tertiary/aromatic N) is 1. The van der Waals surface area contributed by atoms with Crippen molar-refractivity contribution in [2.24, 2.45) is 5.92 Å². The van der Waals surface area contributed by atoms with E-state index in [0.29, 0.717) is 0 Å². The van der Waals surface area contributed by atoms with Gasteiger partial charge in [0.05, 0.1) is 0 Å². The molecular weight excluding hydrogens is 146 g/mol. The maximum Gasteiger partial charge on any atom is 0.0263 e. The quantitative estimate of drug-likeness (QED) is 0.560. The van der Waals surface area contributed by atoms with Crippen LogP contribution in [0, 0.1) is 5.92 Å². The second kappa shape index (κ2) is 4.20. The molecular formula is C8H16ClN. The van der Waals surface area contributed by atoms with Crippen molar-refractivity contribution in [2.75, 3.05) is 25.5 Å². The second-order valence-corrected chi connectivity index (χ2v) is 3.36. The molecule has 1 aliphatic heterocycles. The lowest BCUT2D eigenvalue weighted by Crippen LogP contribution is -2.35. The van der Waals surface area contributed by atoms with E-state index in [1.54, 1.807) is 0 Å². The predicted octanol–water partition coefficient (Wildman–Crippen LogP) is 1.96. The molecule has 0 unspecified atom stereocenters. The fraction of sp³-hybridized carbons (Fsp3) is 1.00. The highest BCUT2D eigenvalue weighted by Crippen LogP contribution is 2.16. The summed E-state index contributed by atoms with van der Waals surface area (Å²) in [4.78, 5) is 2.48. The third-order valence-electron chi connectivity index (χ3n) is 2.27. The lowest BCUT2D eigenvalue weighted by Gasteiger charge is -2.30. The van der Waals surface area contributed by atoms with E-state index in [4.69, 9.17) is 11.6 Å². The molecule has 2 heteroatoms. The molecule has 1 fully saturated rings. The lowest BCUT2D eigenvalue weighted by molar-refractivity contribution is 0.194. The van der Waals surface area contributed by atoms with Gasteiger partial charge in [0.15, 0.2) is 0 Å². The van der Waals surface area contributed by atoms with Crippen LogP contribution in [0.25, 0.3) is 0 Å². The molecule has 0 radical (unpaired) electrons. The van der Waals surface area contributed by atoms with Crippen molar-refractivity contribution in [3.63, 3.8) is 0 Å². The van der Waals surface area contributed by atoms with Crippen molar-refractivity contribution in [3.8, 4) is 0 Å². The van der Waals surface area contributed by atoms with Crippen LogP contribution in [0.5, 0.6) is 0 Å². The first-order valence-corrected chi connectivity index (χ1v) is 4.68. The summed E-state index contributed by atoms with van der Waals surface area (Å²) in [6.45, 7) is 5.91. The summed E-state index contributed by atoms with van der Waals surface area (Å²) < 4.78 is 0. The Kier molecular flexibility index (Phi) is 3.50. The van der Waals surface area contributed by atoms with Crippen LogP contribution in [-0.4, -0.2) is 30.4 Å². The monoisotopic (exact) mass is 161 g/mol. The van der Waals surface area contributed by atoms with Crippen molar-refractivity contribution in [3.05, 3.63) is 0 Å². The molecule has 1 rings (SSSR count).